The average Bonchev–Trinajstić information content (AvgIpc) is 2.98. The molecule has 3 nitrogen and oxygen atoms in total. The van der Waals surface area contributed by atoms with E-state index >= 15 is 0 Å². The Bertz CT molecular complexity index is 529. The van der Waals surface area contributed by atoms with E-state index < -0.39 is 0 Å². The predicted octanol–water partition coefficient (Wildman–Crippen LogP) is 2.15. The second-order valence-corrected chi connectivity index (χ2v) is 4.77. The summed E-state index contributed by atoms with van der Waals surface area (Å²) in [5, 5.41) is 3.36. The summed E-state index contributed by atoms with van der Waals surface area (Å²) in [6.45, 7) is 2.76. The first-order valence-electron chi connectivity index (χ1n) is 6.28. The topological polar surface area (TPSA) is 29.9 Å². The molecule has 0 bridgehead atoms. The number of hydrogen-bond donors (Lipinski definition) is 1. The van der Waals surface area contributed by atoms with Gasteiger partial charge in [0.2, 0.25) is 0 Å². The van der Waals surface area contributed by atoms with E-state index in [-0.39, 0.29) is 5.82 Å². The molecule has 1 aliphatic rings. The molecule has 2 aromatic rings. The van der Waals surface area contributed by atoms with Crippen LogP contribution in [0.4, 0.5) is 4.39 Å². The Hall–Kier alpha value is -1.68. The SMILES string of the molecule is Fc1cccc(Cn2cncc2C2CCNC2)c1. The van der Waals surface area contributed by atoms with Gasteiger partial charge in [0.05, 0.1) is 6.33 Å². The first kappa shape index (κ1) is 11.4. The second-order valence-electron chi connectivity index (χ2n) is 4.77. The van der Waals surface area contributed by atoms with Gasteiger partial charge in [-0.2, -0.15) is 0 Å². The summed E-state index contributed by atoms with van der Waals surface area (Å²) >= 11 is 0. The highest BCUT2D eigenvalue weighted by molar-refractivity contribution is 5.19. The average molecular weight is 245 g/mol. The third kappa shape index (κ3) is 2.29. The van der Waals surface area contributed by atoms with Gasteiger partial charge < -0.3 is 9.88 Å². The van der Waals surface area contributed by atoms with E-state index in [9.17, 15) is 4.39 Å². The molecule has 1 N–H and O–H groups in total. The maximum absolute atomic E-state index is 13.2. The smallest absolute Gasteiger partial charge is 0.123 e. The fourth-order valence-electron chi connectivity index (χ4n) is 2.54. The van der Waals surface area contributed by atoms with Gasteiger partial charge in [-0.05, 0) is 30.7 Å². The van der Waals surface area contributed by atoms with Crippen LogP contribution in [0.25, 0.3) is 0 Å². The van der Waals surface area contributed by atoms with E-state index in [0.29, 0.717) is 12.5 Å². The number of benzene rings is 1. The van der Waals surface area contributed by atoms with Crippen LogP contribution in [0.3, 0.4) is 0 Å². The molecule has 2 heterocycles. The first-order chi connectivity index (χ1) is 8.83. The van der Waals surface area contributed by atoms with Gasteiger partial charge in [-0.15, -0.1) is 0 Å². The molecule has 1 fully saturated rings. The highest BCUT2D eigenvalue weighted by atomic mass is 19.1. The highest BCUT2D eigenvalue weighted by Crippen LogP contribution is 2.22. The van der Waals surface area contributed by atoms with Crippen LogP contribution in [-0.4, -0.2) is 22.6 Å². The Morgan fingerprint density at radius 2 is 2.39 bits per heavy atom. The van der Waals surface area contributed by atoms with Gasteiger partial charge in [0.25, 0.3) is 0 Å². The zero-order chi connectivity index (χ0) is 12.4. The van der Waals surface area contributed by atoms with Crippen molar-refractivity contribution in [2.75, 3.05) is 13.1 Å². The van der Waals surface area contributed by atoms with Crippen molar-refractivity contribution in [3.8, 4) is 0 Å². The monoisotopic (exact) mass is 245 g/mol. The summed E-state index contributed by atoms with van der Waals surface area (Å²) in [4.78, 5) is 4.23. The highest BCUT2D eigenvalue weighted by Gasteiger charge is 2.20. The van der Waals surface area contributed by atoms with Crippen LogP contribution in [0, 0.1) is 5.82 Å². The van der Waals surface area contributed by atoms with E-state index in [1.54, 1.807) is 12.1 Å². The van der Waals surface area contributed by atoms with Crippen LogP contribution in [0.1, 0.15) is 23.6 Å². The molecule has 0 radical (unpaired) electrons. The van der Waals surface area contributed by atoms with Gasteiger partial charge >= 0.3 is 0 Å². The van der Waals surface area contributed by atoms with Gasteiger partial charge in [0.15, 0.2) is 0 Å². The lowest BCUT2D eigenvalue weighted by Gasteiger charge is -2.12. The Labute approximate surface area is 106 Å². The van der Waals surface area contributed by atoms with Gasteiger partial charge in [0, 0.05) is 30.9 Å². The molecule has 0 aliphatic carbocycles. The fourth-order valence-corrected chi connectivity index (χ4v) is 2.54. The fraction of sp³-hybridized carbons (Fsp3) is 0.357. The quantitative estimate of drug-likeness (QED) is 0.898. The Kier molecular flexibility index (Phi) is 3.11. The second kappa shape index (κ2) is 4.90. The van der Waals surface area contributed by atoms with Crippen LogP contribution in [0.5, 0.6) is 0 Å². The molecule has 0 spiro atoms. The van der Waals surface area contributed by atoms with Crippen molar-refractivity contribution in [3.63, 3.8) is 0 Å². The number of nitrogens with zero attached hydrogens (tertiary/aromatic N) is 2. The van der Waals surface area contributed by atoms with E-state index in [2.05, 4.69) is 14.9 Å². The summed E-state index contributed by atoms with van der Waals surface area (Å²) in [6.07, 6.45) is 4.91. The number of hydrogen-bond acceptors (Lipinski definition) is 2. The van der Waals surface area contributed by atoms with Gasteiger partial charge in [-0.25, -0.2) is 9.37 Å². The lowest BCUT2D eigenvalue weighted by atomic mass is 10.1. The summed E-state index contributed by atoms with van der Waals surface area (Å²) in [5.41, 5.74) is 2.21. The summed E-state index contributed by atoms with van der Waals surface area (Å²) < 4.78 is 15.3. The molecule has 18 heavy (non-hydrogen) atoms. The van der Waals surface area contributed by atoms with Crippen molar-refractivity contribution in [1.29, 1.82) is 0 Å². The zero-order valence-corrected chi connectivity index (χ0v) is 10.1. The number of nitrogens with one attached hydrogen (secondary N) is 1. The standard InChI is InChI=1S/C14H16FN3/c15-13-3-1-2-11(6-13)9-18-10-17-8-14(18)12-4-5-16-7-12/h1-3,6,8,10,12,16H,4-5,7,9H2. The van der Waals surface area contributed by atoms with Crippen molar-refractivity contribution in [2.45, 2.75) is 18.9 Å². The van der Waals surface area contributed by atoms with Crippen molar-refractivity contribution < 1.29 is 4.39 Å². The molecule has 4 heteroatoms. The molecule has 1 aromatic heterocycles. The number of rotatable bonds is 3. The van der Waals surface area contributed by atoms with Crippen LogP contribution in [0.15, 0.2) is 36.8 Å². The first-order valence-corrected chi connectivity index (χ1v) is 6.28. The van der Waals surface area contributed by atoms with Crippen LogP contribution in [0.2, 0.25) is 0 Å². The maximum atomic E-state index is 13.2. The largest absolute Gasteiger partial charge is 0.330 e. The molecule has 1 aromatic carbocycles. The van der Waals surface area contributed by atoms with Crippen LogP contribution in [-0.2, 0) is 6.54 Å². The number of imidazole rings is 1. The minimum Gasteiger partial charge on any atom is -0.330 e. The van der Waals surface area contributed by atoms with E-state index in [0.717, 1.165) is 25.1 Å². The minimum atomic E-state index is -0.184. The van der Waals surface area contributed by atoms with Crippen molar-refractivity contribution in [1.82, 2.24) is 14.9 Å². The number of halogens is 1. The predicted molar refractivity (Wildman–Crippen MR) is 68.0 cm³/mol. The Morgan fingerprint density at radius 1 is 1.44 bits per heavy atom. The lowest BCUT2D eigenvalue weighted by Crippen LogP contribution is -2.12. The molecule has 3 rings (SSSR count). The maximum Gasteiger partial charge on any atom is 0.123 e. The molecule has 94 valence electrons. The zero-order valence-electron chi connectivity index (χ0n) is 10.1. The van der Waals surface area contributed by atoms with Gasteiger partial charge in [0.1, 0.15) is 5.82 Å². The van der Waals surface area contributed by atoms with Gasteiger partial charge in [-0.1, -0.05) is 12.1 Å². The summed E-state index contributed by atoms with van der Waals surface area (Å²) in [5.74, 6) is 0.345. The summed E-state index contributed by atoms with van der Waals surface area (Å²) in [6, 6.07) is 6.74. The Morgan fingerprint density at radius 3 is 3.17 bits per heavy atom. The molecule has 0 amide bonds. The third-order valence-corrected chi connectivity index (χ3v) is 3.47. The Balaban J connectivity index is 1.82. The molecular weight excluding hydrogens is 229 g/mol. The molecule has 1 aliphatic heterocycles. The molecule has 1 atom stereocenters. The van der Waals surface area contributed by atoms with E-state index in [1.165, 1.54) is 11.8 Å². The molecule has 0 saturated carbocycles. The van der Waals surface area contributed by atoms with E-state index in [1.807, 2.05) is 18.6 Å². The molecule has 1 unspecified atom stereocenters. The lowest BCUT2D eigenvalue weighted by molar-refractivity contribution is 0.618. The van der Waals surface area contributed by atoms with Crippen molar-refractivity contribution in [3.05, 3.63) is 53.9 Å². The molecular formula is C14H16FN3. The third-order valence-electron chi connectivity index (χ3n) is 3.47. The summed E-state index contributed by atoms with van der Waals surface area (Å²) in [7, 11) is 0. The van der Waals surface area contributed by atoms with Crippen LogP contribution >= 0.6 is 0 Å². The van der Waals surface area contributed by atoms with Crippen molar-refractivity contribution in [2.24, 2.45) is 0 Å². The van der Waals surface area contributed by atoms with Gasteiger partial charge in [-0.3, -0.25) is 0 Å². The minimum absolute atomic E-state index is 0.184. The number of aromatic nitrogens is 2. The molecule has 1 saturated heterocycles. The van der Waals surface area contributed by atoms with E-state index in [4.69, 9.17) is 0 Å². The van der Waals surface area contributed by atoms with Crippen molar-refractivity contribution >= 4 is 0 Å². The van der Waals surface area contributed by atoms with Crippen LogP contribution < -0.4 is 5.32 Å². The normalized spacial score (nSPS) is 19.3.